The first-order valence-corrected chi connectivity index (χ1v) is 16.2. The zero-order chi connectivity index (χ0) is 28.8. The number of piperidine rings is 2. The lowest BCUT2D eigenvalue weighted by Crippen LogP contribution is -2.54. The molecule has 0 spiro atoms. The number of likely N-dealkylation sites (tertiary alicyclic amines) is 1. The van der Waals surface area contributed by atoms with Gasteiger partial charge in [-0.2, -0.15) is 0 Å². The van der Waals surface area contributed by atoms with Crippen LogP contribution < -0.4 is 5.32 Å². The molecule has 3 saturated heterocycles. The lowest BCUT2D eigenvalue weighted by Gasteiger charge is -2.46. The number of fused-ring (bicyclic) bond motifs is 3. The zero-order valence-electron chi connectivity index (χ0n) is 25.2. The number of nitrogens with zero attached hydrogens (tertiary/aromatic N) is 4. The summed E-state index contributed by atoms with van der Waals surface area (Å²) in [4.78, 5) is 35.1. The summed E-state index contributed by atoms with van der Waals surface area (Å²) in [5.41, 5.74) is 3.88. The molecule has 1 N–H and O–H groups in total. The van der Waals surface area contributed by atoms with E-state index in [-0.39, 0.29) is 23.3 Å². The van der Waals surface area contributed by atoms with Gasteiger partial charge in [-0.1, -0.05) is 42.5 Å². The van der Waals surface area contributed by atoms with Crippen molar-refractivity contribution in [1.82, 2.24) is 24.7 Å². The first kappa shape index (κ1) is 27.6. The van der Waals surface area contributed by atoms with Crippen molar-refractivity contribution < 1.29 is 9.59 Å². The Kier molecular flexibility index (Phi) is 7.33. The number of benzene rings is 2. The second-order valence-corrected chi connectivity index (χ2v) is 13.5. The van der Waals surface area contributed by atoms with Crippen LogP contribution in [0.15, 0.2) is 54.6 Å². The number of carbonyl (C=O) groups is 2. The van der Waals surface area contributed by atoms with Crippen molar-refractivity contribution in [2.75, 3.05) is 19.6 Å². The van der Waals surface area contributed by atoms with E-state index in [9.17, 15) is 9.59 Å². The molecule has 2 bridgehead atoms. The first-order chi connectivity index (χ1) is 20.4. The van der Waals surface area contributed by atoms with Gasteiger partial charge in [-0.25, -0.2) is 4.98 Å². The van der Waals surface area contributed by atoms with Gasteiger partial charge in [0.2, 0.25) is 11.8 Å². The Morgan fingerprint density at radius 2 is 1.60 bits per heavy atom. The van der Waals surface area contributed by atoms with Gasteiger partial charge in [0.05, 0.1) is 11.0 Å². The van der Waals surface area contributed by atoms with Crippen LogP contribution in [-0.4, -0.2) is 68.9 Å². The van der Waals surface area contributed by atoms with Gasteiger partial charge < -0.3 is 14.8 Å². The van der Waals surface area contributed by atoms with Crippen molar-refractivity contribution in [1.29, 1.82) is 0 Å². The van der Waals surface area contributed by atoms with Gasteiger partial charge in [0.1, 0.15) is 11.9 Å². The summed E-state index contributed by atoms with van der Waals surface area (Å²) >= 11 is 0. The van der Waals surface area contributed by atoms with Crippen molar-refractivity contribution in [2.24, 2.45) is 5.92 Å². The second kappa shape index (κ2) is 11.1. The van der Waals surface area contributed by atoms with Crippen molar-refractivity contribution in [2.45, 2.75) is 101 Å². The number of aryl methyl sites for hydroxylation is 1. The van der Waals surface area contributed by atoms with Crippen LogP contribution in [0.5, 0.6) is 0 Å². The summed E-state index contributed by atoms with van der Waals surface area (Å²) < 4.78 is 2.52. The standard InChI is InChI=1S/C35H45N5O2/c1-24-36-31-10-6-7-11-32(31)40(24)30-22-28-14-15-29(23-30)39(28)21-18-35(27-8-4-3-5-9-27)16-19-38(20-17-35)34(42)33(26-12-13-26)37-25(2)41/h3-11,26,28-30,33H,12-23H2,1-2H3,(H,37,41)/t28-,29+,30+,33?. The quantitative estimate of drug-likeness (QED) is 0.397. The van der Waals surface area contributed by atoms with Crippen LogP contribution in [0.2, 0.25) is 0 Å². The van der Waals surface area contributed by atoms with Crippen LogP contribution in [0.1, 0.15) is 82.1 Å². The predicted octanol–water partition coefficient (Wildman–Crippen LogP) is 5.38. The molecular weight excluding hydrogens is 522 g/mol. The van der Waals surface area contributed by atoms with Crippen LogP contribution >= 0.6 is 0 Å². The van der Waals surface area contributed by atoms with E-state index in [2.05, 4.69) is 76.3 Å². The molecule has 4 fully saturated rings. The monoisotopic (exact) mass is 567 g/mol. The number of imidazole rings is 1. The summed E-state index contributed by atoms with van der Waals surface area (Å²) in [5, 5.41) is 2.96. The highest BCUT2D eigenvalue weighted by Gasteiger charge is 2.45. The van der Waals surface area contributed by atoms with E-state index in [1.54, 1.807) is 0 Å². The minimum Gasteiger partial charge on any atom is -0.344 e. The minimum absolute atomic E-state index is 0.0779. The average Bonchev–Trinajstić information content (AvgIpc) is 3.75. The number of hydrogen-bond acceptors (Lipinski definition) is 4. The number of para-hydroxylation sites is 2. The highest BCUT2D eigenvalue weighted by molar-refractivity contribution is 5.87. The minimum atomic E-state index is -0.347. The molecule has 4 atom stereocenters. The predicted molar refractivity (Wildman–Crippen MR) is 165 cm³/mol. The van der Waals surface area contributed by atoms with Gasteiger partial charge >= 0.3 is 0 Å². The molecule has 4 aliphatic rings. The van der Waals surface area contributed by atoms with Crippen molar-refractivity contribution in [3.05, 3.63) is 66.0 Å². The Morgan fingerprint density at radius 3 is 2.26 bits per heavy atom. The highest BCUT2D eigenvalue weighted by Crippen LogP contribution is 2.45. The summed E-state index contributed by atoms with van der Waals surface area (Å²) in [7, 11) is 0. The largest absolute Gasteiger partial charge is 0.344 e. The summed E-state index contributed by atoms with van der Waals surface area (Å²) in [5.74, 6) is 1.47. The van der Waals surface area contributed by atoms with E-state index in [1.165, 1.54) is 43.7 Å². The molecule has 3 aliphatic heterocycles. The molecule has 4 heterocycles. The van der Waals surface area contributed by atoms with E-state index < -0.39 is 0 Å². The molecule has 42 heavy (non-hydrogen) atoms. The molecule has 1 saturated carbocycles. The van der Waals surface area contributed by atoms with Gasteiger partial charge in [-0.05, 0) is 100 Å². The smallest absolute Gasteiger partial charge is 0.245 e. The molecule has 7 heteroatoms. The SMILES string of the molecule is CC(=O)NC(C(=O)N1CCC(CCN2[C@@H]3CC[C@H]2C[C@@H](n2c(C)nc4ccccc42)C3)(c2ccccc2)CC1)C1CC1. The summed E-state index contributed by atoms with van der Waals surface area (Å²) in [6.45, 7) is 6.33. The molecule has 1 unspecified atom stereocenters. The molecule has 2 amide bonds. The maximum absolute atomic E-state index is 13.5. The van der Waals surface area contributed by atoms with E-state index in [0.29, 0.717) is 24.0 Å². The van der Waals surface area contributed by atoms with E-state index in [1.807, 2.05) is 4.90 Å². The van der Waals surface area contributed by atoms with Crippen LogP contribution in [-0.2, 0) is 15.0 Å². The molecule has 222 valence electrons. The lowest BCUT2D eigenvalue weighted by molar-refractivity contribution is -0.138. The fourth-order valence-corrected chi connectivity index (χ4v) is 8.65. The van der Waals surface area contributed by atoms with Crippen molar-refractivity contribution >= 4 is 22.8 Å². The van der Waals surface area contributed by atoms with Crippen molar-refractivity contribution in [3.8, 4) is 0 Å². The van der Waals surface area contributed by atoms with Crippen molar-refractivity contribution in [3.63, 3.8) is 0 Å². The third-order valence-corrected chi connectivity index (χ3v) is 11.0. The number of nitrogens with one attached hydrogen (secondary N) is 1. The Labute approximate surface area is 249 Å². The van der Waals surface area contributed by atoms with E-state index >= 15 is 0 Å². The molecule has 3 aromatic rings. The highest BCUT2D eigenvalue weighted by atomic mass is 16.2. The Morgan fingerprint density at radius 1 is 0.929 bits per heavy atom. The Balaban J connectivity index is 1.05. The molecule has 2 aromatic carbocycles. The number of hydrogen-bond donors (Lipinski definition) is 1. The van der Waals surface area contributed by atoms with Gasteiger partial charge in [-0.15, -0.1) is 0 Å². The maximum atomic E-state index is 13.5. The molecular formula is C35H45N5O2. The molecule has 7 nitrogen and oxygen atoms in total. The van der Waals surface area contributed by atoms with Gasteiger partial charge in [0, 0.05) is 38.1 Å². The molecule has 7 rings (SSSR count). The van der Waals surface area contributed by atoms with Crippen LogP contribution in [0.25, 0.3) is 11.0 Å². The molecule has 1 aliphatic carbocycles. The number of aromatic nitrogens is 2. The average molecular weight is 568 g/mol. The van der Waals surface area contributed by atoms with Crippen LogP contribution in [0.3, 0.4) is 0 Å². The third-order valence-electron chi connectivity index (χ3n) is 11.0. The fraction of sp³-hybridized carbons (Fsp3) is 0.571. The molecule has 0 radical (unpaired) electrons. The first-order valence-electron chi connectivity index (χ1n) is 16.2. The normalized spacial score (nSPS) is 26.3. The van der Waals surface area contributed by atoms with E-state index in [4.69, 9.17) is 4.98 Å². The lowest BCUT2D eigenvalue weighted by atomic mass is 9.70. The van der Waals surface area contributed by atoms with Gasteiger partial charge in [0.25, 0.3) is 0 Å². The topological polar surface area (TPSA) is 70.5 Å². The van der Waals surface area contributed by atoms with Crippen LogP contribution in [0.4, 0.5) is 0 Å². The van der Waals surface area contributed by atoms with Crippen LogP contribution in [0, 0.1) is 12.8 Å². The zero-order valence-corrected chi connectivity index (χ0v) is 25.2. The molecule has 1 aromatic heterocycles. The Hall–Kier alpha value is -3.19. The second-order valence-electron chi connectivity index (χ2n) is 13.5. The van der Waals surface area contributed by atoms with Gasteiger partial charge in [0.15, 0.2) is 0 Å². The van der Waals surface area contributed by atoms with Gasteiger partial charge in [-0.3, -0.25) is 14.5 Å². The van der Waals surface area contributed by atoms with E-state index in [0.717, 1.165) is 63.1 Å². The summed E-state index contributed by atoms with van der Waals surface area (Å²) in [6.07, 6.45) is 10.1. The fourth-order valence-electron chi connectivity index (χ4n) is 8.65. The number of amides is 2. The summed E-state index contributed by atoms with van der Waals surface area (Å²) in [6, 6.07) is 21.1. The number of rotatable bonds is 8. The third kappa shape index (κ3) is 5.14. The maximum Gasteiger partial charge on any atom is 0.245 e. The Bertz CT molecular complexity index is 1420. The number of carbonyl (C=O) groups excluding carboxylic acids is 2.